The molecule has 0 bridgehead atoms. The second-order valence-electron chi connectivity index (χ2n) is 3.07. The van der Waals surface area contributed by atoms with Gasteiger partial charge in [0, 0.05) is 6.20 Å². The third-order valence-electron chi connectivity index (χ3n) is 1.81. The van der Waals surface area contributed by atoms with Crippen LogP contribution in [-0.4, -0.2) is 26.1 Å². The van der Waals surface area contributed by atoms with E-state index in [4.69, 9.17) is 0 Å². The summed E-state index contributed by atoms with van der Waals surface area (Å²) in [5.74, 6) is -0.309. The zero-order chi connectivity index (χ0) is 11.5. The van der Waals surface area contributed by atoms with Gasteiger partial charge in [-0.15, -0.1) is 5.10 Å². The standard InChI is InChI=1S/C9H8FN5O/c1-5-12-9(15-14-5)13-8(16)6-2-3-7(10)11-4-6/h2-4H,1H3,(H2,12,13,14,15,16). The molecule has 0 radical (unpaired) electrons. The summed E-state index contributed by atoms with van der Waals surface area (Å²) in [6.07, 6.45) is 1.14. The summed E-state index contributed by atoms with van der Waals surface area (Å²) in [5.41, 5.74) is 0.240. The molecule has 0 saturated heterocycles. The Balaban J connectivity index is 2.11. The number of aryl methyl sites for hydroxylation is 1. The first-order valence-corrected chi connectivity index (χ1v) is 4.47. The molecule has 7 heteroatoms. The van der Waals surface area contributed by atoms with Gasteiger partial charge < -0.3 is 0 Å². The average Bonchev–Trinajstić information content (AvgIpc) is 2.65. The predicted octanol–water partition coefficient (Wildman–Crippen LogP) is 0.900. The van der Waals surface area contributed by atoms with Gasteiger partial charge in [-0.05, 0) is 19.1 Å². The lowest BCUT2D eigenvalue weighted by molar-refractivity contribution is 0.102. The average molecular weight is 221 g/mol. The van der Waals surface area contributed by atoms with E-state index in [1.165, 1.54) is 6.07 Å². The third-order valence-corrected chi connectivity index (χ3v) is 1.81. The Labute approximate surface area is 89.9 Å². The molecule has 16 heavy (non-hydrogen) atoms. The number of nitrogens with zero attached hydrogens (tertiary/aromatic N) is 3. The van der Waals surface area contributed by atoms with E-state index < -0.39 is 11.9 Å². The van der Waals surface area contributed by atoms with Crippen molar-refractivity contribution in [1.82, 2.24) is 20.2 Å². The molecule has 0 unspecified atom stereocenters. The highest BCUT2D eigenvalue weighted by Crippen LogP contribution is 2.03. The first-order chi connectivity index (χ1) is 7.65. The molecule has 82 valence electrons. The predicted molar refractivity (Wildman–Crippen MR) is 53.3 cm³/mol. The van der Waals surface area contributed by atoms with E-state index in [9.17, 15) is 9.18 Å². The number of hydrogen-bond acceptors (Lipinski definition) is 4. The van der Waals surface area contributed by atoms with Gasteiger partial charge in [0.15, 0.2) is 0 Å². The van der Waals surface area contributed by atoms with Crippen LogP contribution >= 0.6 is 0 Å². The van der Waals surface area contributed by atoms with E-state index in [-0.39, 0.29) is 11.5 Å². The summed E-state index contributed by atoms with van der Waals surface area (Å²) in [6, 6.07) is 2.44. The minimum absolute atomic E-state index is 0.173. The van der Waals surface area contributed by atoms with E-state index in [0.717, 1.165) is 12.3 Å². The molecule has 2 N–H and O–H groups in total. The van der Waals surface area contributed by atoms with Gasteiger partial charge in [0.2, 0.25) is 11.9 Å². The third kappa shape index (κ3) is 2.19. The number of amides is 1. The molecule has 0 fully saturated rings. The van der Waals surface area contributed by atoms with Crippen molar-refractivity contribution < 1.29 is 9.18 Å². The molecule has 2 aromatic heterocycles. The summed E-state index contributed by atoms with van der Waals surface area (Å²) < 4.78 is 12.5. The van der Waals surface area contributed by atoms with E-state index in [2.05, 4.69) is 25.5 Å². The molecule has 0 aliphatic rings. The second kappa shape index (κ2) is 4.05. The lowest BCUT2D eigenvalue weighted by Gasteiger charge is -1.99. The molecular formula is C9H8FN5O. The molecular weight excluding hydrogens is 213 g/mol. The smallest absolute Gasteiger partial charge is 0.259 e. The molecule has 2 rings (SSSR count). The first-order valence-electron chi connectivity index (χ1n) is 4.47. The van der Waals surface area contributed by atoms with Crippen LogP contribution < -0.4 is 5.32 Å². The van der Waals surface area contributed by atoms with Gasteiger partial charge in [-0.2, -0.15) is 9.37 Å². The molecule has 0 spiro atoms. The van der Waals surface area contributed by atoms with Gasteiger partial charge in [0.25, 0.3) is 5.91 Å². The van der Waals surface area contributed by atoms with E-state index >= 15 is 0 Å². The summed E-state index contributed by atoms with van der Waals surface area (Å²) in [6.45, 7) is 1.71. The number of nitrogens with one attached hydrogen (secondary N) is 2. The minimum atomic E-state index is -0.634. The topological polar surface area (TPSA) is 83.6 Å². The quantitative estimate of drug-likeness (QED) is 0.738. The Morgan fingerprint density at radius 3 is 2.88 bits per heavy atom. The first kappa shape index (κ1) is 10.2. The maximum absolute atomic E-state index is 12.5. The van der Waals surface area contributed by atoms with Crippen molar-refractivity contribution >= 4 is 11.9 Å². The van der Waals surface area contributed by atoms with Crippen LogP contribution in [0.25, 0.3) is 0 Å². The zero-order valence-corrected chi connectivity index (χ0v) is 8.36. The van der Waals surface area contributed by atoms with Gasteiger partial charge in [0.05, 0.1) is 5.56 Å². The Morgan fingerprint density at radius 2 is 2.31 bits per heavy atom. The number of anilines is 1. The van der Waals surface area contributed by atoms with Gasteiger partial charge in [0.1, 0.15) is 5.82 Å². The SMILES string of the molecule is Cc1nc(NC(=O)c2ccc(F)nc2)n[nH]1. The molecule has 6 nitrogen and oxygen atoms in total. The largest absolute Gasteiger partial charge is 0.289 e. The van der Waals surface area contributed by atoms with E-state index in [0.29, 0.717) is 5.82 Å². The van der Waals surface area contributed by atoms with Crippen LogP contribution in [0, 0.1) is 12.9 Å². The van der Waals surface area contributed by atoms with Crippen LogP contribution in [0.4, 0.5) is 10.3 Å². The Kier molecular flexibility index (Phi) is 2.59. The molecule has 2 heterocycles. The number of rotatable bonds is 2. The highest BCUT2D eigenvalue weighted by atomic mass is 19.1. The zero-order valence-electron chi connectivity index (χ0n) is 8.36. The summed E-state index contributed by atoms with van der Waals surface area (Å²) in [5, 5.41) is 8.76. The highest BCUT2D eigenvalue weighted by Gasteiger charge is 2.09. The van der Waals surface area contributed by atoms with Crippen LogP contribution in [0.5, 0.6) is 0 Å². The Morgan fingerprint density at radius 1 is 1.50 bits per heavy atom. The highest BCUT2D eigenvalue weighted by molar-refractivity contribution is 6.02. The molecule has 0 aliphatic heterocycles. The molecule has 0 aliphatic carbocycles. The number of carbonyl (C=O) groups excluding carboxylic acids is 1. The van der Waals surface area contributed by atoms with Crippen LogP contribution in [0.1, 0.15) is 16.2 Å². The number of pyridine rings is 1. The maximum Gasteiger partial charge on any atom is 0.259 e. The molecule has 1 amide bonds. The number of H-pyrrole nitrogens is 1. The summed E-state index contributed by atoms with van der Waals surface area (Å²) >= 11 is 0. The number of carbonyl (C=O) groups is 1. The Bertz CT molecular complexity index is 507. The van der Waals surface area contributed by atoms with Crippen molar-refractivity contribution in [2.45, 2.75) is 6.92 Å². The van der Waals surface area contributed by atoms with E-state index in [1.807, 2.05) is 0 Å². The van der Waals surface area contributed by atoms with Gasteiger partial charge in [-0.25, -0.2) is 4.98 Å². The van der Waals surface area contributed by atoms with Crippen LogP contribution in [0.15, 0.2) is 18.3 Å². The van der Waals surface area contributed by atoms with Crippen molar-refractivity contribution in [3.8, 4) is 0 Å². The van der Waals surface area contributed by atoms with Crippen molar-refractivity contribution in [3.05, 3.63) is 35.7 Å². The number of aromatic nitrogens is 4. The van der Waals surface area contributed by atoms with Crippen LogP contribution in [0.2, 0.25) is 0 Å². The van der Waals surface area contributed by atoms with Crippen LogP contribution in [-0.2, 0) is 0 Å². The second-order valence-corrected chi connectivity index (χ2v) is 3.07. The van der Waals surface area contributed by atoms with Crippen molar-refractivity contribution in [3.63, 3.8) is 0 Å². The van der Waals surface area contributed by atoms with Gasteiger partial charge in [-0.3, -0.25) is 15.2 Å². The molecule has 0 atom stereocenters. The normalized spacial score (nSPS) is 10.1. The number of hydrogen-bond donors (Lipinski definition) is 2. The van der Waals surface area contributed by atoms with E-state index in [1.54, 1.807) is 6.92 Å². The fraction of sp³-hybridized carbons (Fsp3) is 0.111. The van der Waals surface area contributed by atoms with Crippen LogP contribution in [0.3, 0.4) is 0 Å². The van der Waals surface area contributed by atoms with Gasteiger partial charge >= 0.3 is 0 Å². The van der Waals surface area contributed by atoms with Gasteiger partial charge in [-0.1, -0.05) is 0 Å². The summed E-state index contributed by atoms with van der Waals surface area (Å²) in [7, 11) is 0. The fourth-order valence-corrected chi connectivity index (χ4v) is 1.08. The molecule has 0 aromatic carbocycles. The number of aromatic amines is 1. The lowest BCUT2D eigenvalue weighted by Crippen LogP contribution is -2.13. The lowest BCUT2D eigenvalue weighted by atomic mass is 10.3. The fourth-order valence-electron chi connectivity index (χ4n) is 1.08. The van der Waals surface area contributed by atoms with Crippen molar-refractivity contribution in [2.24, 2.45) is 0 Å². The van der Waals surface area contributed by atoms with Crippen molar-refractivity contribution in [2.75, 3.05) is 5.32 Å². The Hall–Kier alpha value is -2.31. The van der Waals surface area contributed by atoms with Crippen molar-refractivity contribution in [1.29, 1.82) is 0 Å². The minimum Gasteiger partial charge on any atom is -0.289 e. The molecule has 2 aromatic rings. The monoisotopic (exact) mass is 221 g/mol. The summed E-state index contributed by atoms with van der Waals surface area (Å²) in [4.78, 5) is 18.8. The number of halogens is 1. The maximum atomic E-state index is 12.5. The molecule has 0 saturated carbocycles.